The summed E-state index contributed by atoms with van der Waals surface area (Å²) < 4.78 is 6.69. The highest BCUT2D eigenvalue weighted by Gasteiger charge is 2.21. The van der Waals surface area contributed by atoms with Crippen LogP contribution in [0.15, 0.2) is 180 Å². The van der Waals surface area contributed by atoms with Gasteiger partial charge in [0.2, 0.25) is 0 Å². The standard InChI is InChI=1S/C47H29N3O/c1-3-13-30(14-4-1)34-19-11-20-35(27-34)45-48-46(36-26-25-31-15-7-8-18-33(31)28-36)50-47(49-45)41-29-40-37(32-16-5-2-6-17-32)22-12-23-38(40)44-43(41)39-21-9-10-24-42(39)51-44/h1-29H. The molecule has 0 saturated carbocycles. The van der Waals surface area contributed by atoms with Crippen LogP contribution in [-0.2, 0) is 0 Å². The van der Waals surface area contributed by atoms with Gasteiger partial charge in [-0.25, -0.2) is 15.0 Å². The third kappa shape index (κ3) is 5.04. The Bertz CT molecular complexity index is 2910. The Morgan fingerprint density at radius 1 is 0.333 bits per heavy atom. The molecule has 51 heavy (non-hydrogen) atoms. The van der Waals surface area contributed by atoms with E-state index in [0.717, 1.165) is 77.0 Å². The smallest absolute Gasteiger partial charge is 0.164 e. The molecule has 10 rings (SSSR count). The third-order valence-electron chi connectivity index (χ3n) is 9.70. The zero-order chi connectivity index (χ0) is 33.7. The van der Waals surface area contributed by atoms with Gasteiger partial charge in [0, 0.05) is 32.8 Å². The molecule has 8 aromatic carbocycles. The van der Waals surface area contributed by atoms with Gasteiger partial charge < -0.3 is 4.42 Å². The summed E-state index contributed by atoms with van der Waals surface area (Å²) in [6.45, 7) is 0. The maximum Gasteiger partial charge on any atom is 0.164 e. The zero-order valence-corrected chi connectivity index (χ0v) is 27.5. The summed E-state index contributed by atoms with van der Waals surface area (Å²) in [4.78, 5) is 15.7. The van der Waals surface area contributed by atoms with Crippen molar-refractivity contribution < 1.29 is 4.42 Å². The van der Waals surface area contributed by atoms with Crippen molar-refractivity contribution >= 4 is 43.5 Å². The molecular weight excluding hydrogens is 623 g/mol. The van der Waals surface area contributed by atoms with E-state index in [1.807, 2.05) is 24.3 Å². The first-order valence-corrected chi connectivity index (χ1v) is 17.1. The van der Waals surface area contributed by atoms with Gasteiger partial charge in [0.15, 0.2) is 17.5 Å². The van der Waals surface area contributed by atoms with Crippen LogP contribution < -0.4 is 0 Å². The lowest BCUT2D eigenvalue weighted by atomic mass is 9.93. The van der Waals surface area contributed by atoms with Gasteiger partial charge in [-0.15, -0.1) is 0 Å². The highest BCUT2D eigenvalue weighted by molar-refractivity contribution is 6.22. The van der Waals surface area contributed by atoms with Crippen LogP contribution in [0.5, 0.6) is 0 Å². The Balaban J connectivity index is 1.28. The van der Waals surface area contributed by atoms with Gasteiger partial charge in [0.25, 0.3) is 0 Å². The molecule has 0 radical (unpaired) electrons. The summed E-state index contributed by atoms with van der Waals surface area (Å²) in [5.74, 6) is 1.82. The lowest BCUT2D eigenvalue weighted by Crippen LogP contribution is -2.01. The molecule has 0 aliphatic carbocycles. The Kier molecular flexibility index (Phi) is 6.78. The summed E-state index contributed by atoms with van der Waals surface area (Å²) in [6.07, 6.45) is 0. The van der Waals surface area contributed by atoms with Crippen molar-refractivity contribution in [2.75, 3.05) is 0 Å². The molecule has 0 amide bonds. The fraction of sp³-hybridized carbons (Fsp3) is 0. The fourth-order valence-corrected chi connectivity index (χ4v) is 7.23. The summed E-state index contributed by atoms with van der Waals surface area (Å²) in [6, 6.07) is 61.0. The lowest BCUT2D eigenvalue weighted by Gasteiger charge is -2.13. The molecule has 0 saturated heterocycles. The number of fused-ring (bicyclic) bond motifs is 6. The largest absolute Gasteiger partial charge is 0.455 e. The van der Waals surface area contributed by atoms with Gasteiger partial charge >= 0.3 is 0 Å². The molecule has 0 spiro atoms. The SMILES string of the molecule is c1ccc(-c2cccc(-c3nc(-c4ccc5ccccc5c4)nc(-c4cc5c(-c6ccccc6)cccc5c5oc6ccccc6c45)n3)c2)cc1. The third-order valence-corrected chi connectivity index (χ3v) is 9.70. The van der Waals surface area contributed by atoms with Crippen molar-refractivity contribution in [3.63, 3.8) is 0 Å². The van der Waals surface area contributed by atoms with Gasteiger partial charge in [-0.3, -0.25) is 0 Å². The molecular formula is C47H29N3O. The Labute approximate surface area is 294 Å². The molecule has 2 heterocycles. The molecule has 4 heteroatoms. The molecule has 4 nitrogen and oxygen atoms in total. The fourth-order valence-electron chi connectivity index (χ4n) is 7.23. The number of aromatic nitrogens is 3. The number of hydrogen-bond donors (Lipinski definition) is 0. The summed E-state index contributed by atoms with van der Waals surface area (Å²) in [5.41, 5.74) is 8.88. The first-order chi connectivity index (χ1) is 25.3. The van der Waals surface area contributed by atoms with Crippen molar-refractivity contribution in [2.45, 2.75) is 0 Å². The monoisotopic (exact) mass is 651 g/mol. The van der Waals surface area contributed by atoms with Crippen LogP contribution >= 0.6 is 0 Å². The maximum atomic E-state index is 6.69. The van der Waals surface area contributed by atoms with Crippen molar-refractivity contribution in [2.24, 2.45) is 0 Å². The van der Waals surface area contributed by atoms with Crippen molar-refractivity contribution in [1.82, 2.24) is 15.0 Å². The quantitative estimate of drug-likeness (QED) is 0.186. The minimum Gasteiger partial charge on any atom is -0.455 e. The first kappa shape index (κ1) is 29.0. The van der Waals surface area contributed by atoms with E-state index >= 15 is 0 Å². The number of hydrogen-bond acceptors (Lipinski definition) is 4. The van der Waals surface area contributed by atoms with Gasteiger partial charge in [0.1, 0.15) is 11.2 Å². The van der Waals surface area contributed by atoms with E-state index in [4.69, 9.17) is 19.4 Å². The number of rotatable bonds is 5. The van der Waals surface area contributed by atoms with E-state index in [1.165, 1.54) is 5.39 Å². The molecule has 2 aromatic heterocycles. The van der Waals surface area contributed by atoms with E-state index in [-0.39, 0.29) is 0 Å². The lowest BCUT2D eigenvalue weighted by molar-refractivity contribution is 0.672. The highest BCUT2D eigenvalue weighted by atomic mass is 16.3. The number of para-hydroxylation sites is 1. The predicted octanol–water partition coefficient (Wildman–Crippen LogP) is 12.4. The predicted molar refractivity (Wildman–Crippen MR) is 209 cm³/mol. The van der Waals surface area contributed by atoms with Gasteiger partial charge in [-0.2, -0.15) is 0 Å². The Morgan fingerprint density at radius 2 is 0.941 bits per heavy atom. The Hall–Kier alpha value is -6.91. The van der Waals surface area contributed by atoms with E-state index in [9.17, 15) is 0 Å². The summed E-state index contributed by atoms with van der Waals surface area (Å²) in [5, 5.41) is 6.43. The van der Waals surface area contributed by atoms with Crippen LogP contribution in [0.1, 0.15) is 0 Å². The van der Waals surface area contributed by atoms with E-state index < -0.39 is 0 Å². The maximum absolute atomic E-state index is 6.69. The molecule has 238 valence electrons. The van der Waals surface area contributed by atoms with Crippen molar-refractivity contribution in [1.29, 1.82) is 0 Å². The van der Waals surface area contributed by atoms with Gasteiger partial charge in [-0.05, 0) is 62.7 Å². The second-order valence-corrected chi connectivity index (χ2v) is 12.8. The molecule has 0 atom stereocenters. The molecule has 0 bridgehead atoms. The van der Waals surface area contributed by atoms with E-state index in [1.54, 1.807) is 0 Å². The molecule has 0 N–H and O–H groups in total. The summed E-state index contributed by atoms with van der Waals surface area (Å²) >= 11 is 0. The van der Waals surface area contributed by atoms with Gasteiger partial charge in [-0.1, -0.05) is 152 Å². The first-order valence-electron chi connectivity index (χ1n) is 17.1. The average Bonchev–Trinajstić information content (AvgIpc) is 3.61. The van der Waals surface area contributed by atoms with E-state index in [2.05, 4.69) is 152 Å². The van der Waals surface area contributed by atoms with Crippen LogP contribution in [0.3, 0.4) is 0 Å². The minimum absolute atomic E-state index is 0.592. The van der Waals surface area contributed by atoms with E-state index in [0.29, 0.717) is 17.5 Å². The molecule has 0 unspecified atom stereocenters. The number of nitrogens with zero attached hydrogens (tertiary/aromatic N) is 3. The number of benzene rings is 8. The summed E-state index contributed by atoms with van der Waals surface area (Å²) in [7, 11) is 0. The van der Waals surface area contributed by atoms with Crippen LogP contribution in [0.4, 0.5) is 0 Å². The van der Waals surface area contributed by atoms with Crippen molar-refractivity contribution in [3.05, 3.63) is 176 Å². The van der Waals surface area contributed by atoms with Crippen LogP contribution in [0.2, 0.25) is 0 Å². The Morgan fingerprint density at radius 3 is 1.76 bits per heavy atom. The average molecular weight is 652 g/mol. The minimum atomic E-state index is 0.592. The normalized spacial score (nSPS) is 11.5. The van der Waals surface area contributed by atoms with Crippen LogP contribution in [-0.4, -0.2) is 15.0 Å². The van der Waals surface area contributed by atoms with Gasteiger partial charge in [0.05, 0.1) is 0 Å². The molecule has 0 aliphatic heterocycles. The second-order valence-electron chi connectivity index (χ2n) is 12.8. The molecule has 0 fully saturated rings. The second kappa shape index (κ2) is 11.9. The van der Waals surface area contributed by atoms with Crippen molar-refractivity contribution in [3.8, 4) is 56.4 Å². The molecule has 0 aliphatic rings. The zero-order valence-electron chi connectivity index (χ0n) is 27.5. The van der Waals surface area contributed by atoms with Crippen LogP contribution in [0, 0.1) is 0 Å². The topological polar surface area (TPSA) is 51.8 Å². The molecule has 10 aromatic rings. The number of furan rings is 1. The van der Waals surface area contributed by atoms with Crippen LogP contribution in [0.25, 0.3) is 99.9 Å². The highest BCUT2D eigenvalue weighted by Crippen LogP contribution is 2.43.